The molecule has 17 heavy (non-hydrogen) atoms. The third-order valence-corrected chi connectivity index (χ3v) is 2.94. The number of amides is 2. The van der Waals surface area contributed by atoms with Crippen LogP contribution in [0.15, 0.2) is 18.2 Å². The molecule has 1 atom stereocenters. The second-order valence-electron chi connectivity index (χ2n) is 4.04. The van der Waals surface area contributed by atoms with Gasteiger partial charge in [0.15, 0.2) is 0 Å². The van der Waals surface area contributed by atoms with Crippen molar-refractivity contribution >= 4 is 11.9 Å². The molecule has 1 aliphatic rings. The summed E-state index contributed by atoms with van der Waals surface area (Å²) >= 11 is 0. The van der Waals surface area contributed by atoms with Gasteiger partial charge < -0.3 is 4.90 Å². The van der Waals surface area contributed by atoms with Gasteiger partial charge in [-0.05, 0) is 31.0 Å². The molecule has 4 nitrogen and oxygen atoms in total. The van der Waals surface area contributed by atoms with Gasteiger partial charge in [0, 0.05) is 6.54 Å². The van der Waals surface area contributed by atoms with Crippen LogP contribution in [0.25, 0.3) is 0 Å². The summed E-state index contributed by atoms with van der Waals surface area (Å²) in [6.07, 6.45) is 0. The highest BCUT2D eigenvalue weighted by molar-refractivity contribution is 6.05. The quantitative estimate of drug-likeness (QED) is 0.811. The van der Waals surface area contributed by atoms with Crippen molar-refractivity contribution in [3.8, 4) is 0 Å². The van der Waals surface area contributed by atoms with E-state index >= 15 is 0 Å². The highest BCUT2D eigenvalue weighted by Gasteiger charge is 2.35. The molecule has 0 radical (unpaired) electrons. The highest BCUT2D eigenvalue weighted by Crippen LogP contribution is 2.26. The third-order valence-electron chi connectivity index (χ3n) is 2.94. The summed E-state index contributed by atoms with van der Waals surface area (Å²) in [6, 6.07) is 4.00. The Morgan fingerprint density at radius 3 is 2.82 bits per heavy atom. The Morgan fingerprint density at radius 1 is 1.53 bits per heavy atom. The van der Waals surface area contributed by atoms with Crippen molar-refractivity contribution in [3.05, 3.63) is 35.1 Å². The van der Waals surface area contributed by atoms with Gasteiger partial charge in [-0.15, -0.1) is 0 Å². The van der Waals surface area contributed by atoms with Crippen LogP contribution in [0.3, 0.4) is 0 Å². The number of hydrogen-bond donors (Lipinski definition) is 2. The van der Waals surface area contributed by atoms with Gasteiger partial charge >= 0.3 is 6.03 Å². The Morgan fingerprint density at radius 2 is 2.24 bits per heavy atom. The first-order valence-corrected chi connectivity index (χ1v) is 5.46. The van der Waals surface area contributed by atoms with Crippen molar-refractivity contribution in [1.29, 1.82) is 5.41 Å². The minimum atomic E-state index is -0.498. The molecule has 1 aromatic carbocycles. The van der Waals surface area contributed by atoms with E-state index in [-0.39, 0.29) is 17.7 Å². The average Bonchev–Trinajstić information content (AvgIpc) is 2.57. The van der Waals surface area contributed by atoms with E-state index in [1.54, 1.807) is 19.1 Å². The van der Waals surface area contributed by atoms with E-state index in [1.165, 1.54) is 11.0 Å². The van der Waals surface area contributed by atoms with E-state index in [4.69, 9.17) is 5.41 Å². The topological polar surface area (TPSA) is 56.2 Å². The fraction of sp³-hybridized carbons (Fsp3) is 0.333. The molecular weight excluding hydrogens is 221 g/mol. The Bertz CT molecular complexity index is 487. The summed E-state index contributed by atoms with van der Waals surface area (Å²) in [5, 5.41) is 10.2. The molecule has 5 heteroatoms. The molecule has 0 aliphatic carbocycles. The number of nitrogens with one attached hydrogen (secondary N) is 2. The van der Waals surface area contributed by atoms with Crippen LogP contribution in [0.5, 0.6) is 0 Å². The van der Waals surface area contributed by atoms with Crippen LogP contribution in [0.2, 0.25) is 0 Å². The number of nitrogens with zero attached hydrogens (tertiary/aromatic N) is 1. The van der Waals surface area contributed by atoms with Crippen molar-refractivity contribution in [1.82, 2.24) is 10.2 Å². The van der Waals surface area contributed by atoms with Gasteiger partial charge in [-0.3, -0.25) is 10.7 Å². The second kappa shape index (κ2) is 4.16. The number of carbonyl (C=O) groups excluding carboxylic acids is 1. The molecule has 90 valence electrons. The smallest absolute Gasteiger partial charge is 0.310 e. The Balaban J connectivity index is 2.41. The third kappa shape index (κ3) is 1.88. The zero-order valence-corrected chi connectivity index (χ0v) is 9.75. The lowest BCUT2D eigenvalue weighted by molar-refractivity contribution is 0.209. The number of halogens is 1. The highest BCUT2D eigenvalue weighted by atomic mass is 19.1. The average molecular weight is 235 g/mol. The monoisotopic (exact) mass is 235 g/mol. The summed E-state index contributed by atoms with van der Waals surface area (Å²) in [7, 11) is 0. The van der Waals surface area contributed by atoms with Gasteiger partial charge in [-0.2, -0.15) is 0 Å². The van der Waals surface area contributed by atoms with E-state index in [0.29, 0.717) is 17.7 Å². The molecule has 1 heterocycles. The minimum absolute atomic E-state index is 0.0973. The molecule has 0 aromatic heterocycles. The van der Waals surface area contributed by atoms with Crippen molar-refractivity contribution in [2.24, 2.45) is 0 Å². The number of benzene rings is 1. The van der Waals surface area contributed by atoms with E-state index in [1.807, 2.05) is 6.92 Å². The van der Waals surface area contributed by atoms with Gasteiger partial charge in [-0.25, -0.2) is 9.18 Å². The van der Waals surface area contributed by atoms with Crippen molar-refractivity contribution in [2.75, 3.05) is 6.54 Å². The first-order valence-electron chi connectivity index (χ1n) is 5.46. The lowest BCUT2D eigenvalue weighted by atomic mass is 10.0. The number of amidine groups is 1. The summed E-state index contributed by atoms with van der Waals surface area (Å²) in [5.41, 5.74) is 1.18. The second-order valence-corrected chi connectivity index (χ2v) is 4.04. The SMILES string of the molecule is CCN1C(=O)NC(=N)C1c1ccc(C)c(F)c1. The maximum atomic E-state index is 13.5. The summed E-state index contributed by atoms with van der Waals surface area (Å²) in [4.78, 5) is 13.0. The van der Waals surface area contributed by atoms with Crippen LogP contribution >= 0.6 is 0 Å². The predicted octanol–water partition coefficient (Wildman–Crippen LogP) is 2.20. The molecule has 2 amide bonds. The Kier molecular flexibility index (Phi) is 2.83. The molecule has 2 rings (SSSR count). The lowest BCUT2D eigenvalue weighted by Crippen LogP contribution is -2.29. The summed E-state index contributed by atoms with van der Waals surface area (Å²) in [6.45, 7) is 3.99. The molecule has 1 aromatic rings. The van der Waals surface area contributed by atoms with Gasteiger partial charge in [0.1, 0.15) is 17.7 Å². The van der Waals surface area contributed by atoms with Gasteiger partial charge in [0.25, 0.3) is 0 Å². The standard InChI is InChI=1S/C12H14FN3O/c1-3-16-10(11(14)15-12(16)17)8-5-4-7(2)9(13)6-8/h4-6,10H,3H2,1-2H3,(H2,14,15,17). The molecule has 1 fully saturated rings. The number of urea groups is 1. The first kappa shape index (κ1) is 11.6. The Labute approximate surface area is 98.9 Å². The maximum absolute atomic E-state index is 13.5. The Hall–Kier alpha value is -1.91. The molecule has 1 aliphatic heterocycles. The number of likely N-dealkylation sites (N-methyl/N-ethyl adjacent to an activating group) is 1. The molecular formula is C12H14FN3O. The van der Waals surface area contributed by atoms with Crippen LogP contribution in [0.1, 0.15) is 24.1 Å². The number of hydrogen-bond acceptors (Lipinski definition) is 2. The molecule has 0 saturated carbocycles. The zero-order chi connectivity index (χ0) is 12.6. The molecule has 0 spiro atoms. The van der Waals surface area contributed by atoms with Crippen molar-refractivity contribution in [2.45, 2.75) is 19.9 Å². The van der Waals surface area contributed by atoms with Crippen LogP contribution in [0.4, 0.5) is 9.18 Å². The van der Waals surface area contributed by atoms with Crippen molar-refractivity contribution < 1.29 is 9.18 Å². The van der Waals surface area contributed by atoms with E-state index in [0.717, 1.165) is 0 Å². The summed E-state index contributed by atoms with van der Waals surface area (Å²) < 4.78 is 13.5. The number of carbonyl (C=O) groups is 1. The van der Waals surface area contributed by atoms with Crippen LogP contribution < -0.4 is 5.32 Å². The minimum Gasteiger partial charge on any atom is -0.310 e. The summed E-state index contributed by atoms with van der Waals surface area (Å²) in [5.74, 6) is -0.217. The zero-order valence-electron chi connectivity index (χ0n) is 9.75. The van der Waals surface area contributed by atoms with E-state index in [2.05, 4.69) is 5.32 Å². The van der Waals surface area contributed by atoms with E-state index < -0.39 is 6.04 Å². The van der Waals surface area contributed by atoms with E-state index in [9.17, 15) is 9.18 Å². The molecule has 0 bridgehead atoms. The number of rotatable bonds is 2. The molecule has 1 unspecified atom stereocenters. The number of aryl methyl sites for hydroxylation is 1. The van der Waals surface area contributed by atoms with Crippen LogP contribution in [-0.2, 0) is 0 Å². The molecule has 2 N–H and O–H groups in total. The van der Waals surface area contributed by atoms with Crippen LogP contribution in [0, 0.1) is 18.2 Å². The van der Waals surface area contributed by atoms with Gasteiger partial charge in [-0.1, -0.05) is 12.1 Å². The fourth-order valence-corrected chi connectivity index (χ4v) is 1.98. The van der Waals surface area contributed by atoms with Gasteiger partial charge in [0.05, 0.1) is 0 Å². The normalized spacial score (nSPS) is 19.7. The fourth-order valence-electron chi connectivity index (χ4n) is 1.98. The van der Waals surface area contributed by atoms with Crippen molar-refractivity contribution in [3.63, 3.8) is 0 Å². The maximum Gasteiger partial charge on any atom is 0.323 e. The molecule has 1 saturated heterocycles. The lowest BCUT2D eigenvalue weighted by Gasteiger charge is -2.21. The largest absolute Gasteiger partial charge is 0.323 e. The van der Waals surface area contributed by atoms with Crippen LogP contribution in [-0.4, -0.2) is 23.3 Å². The van der Waals surface area contributed by atoms with Gasteiger partial charge in [0.2, 0.25) is 0 Å². The predicted molar refractivity (Wildman–Crippen MR) is 62.5 cm³/mol. The first-order chi connectivity index (χ1) is 8.04.